The minimum absolute atomic E-state index is 0.0844. The molecule has 0 heterocycles. The Labute approximate surface area is 96.4 Å². The van der Waals surface area contributed by atoms with Crippen molar-refractivity contribution >= 4 is 11.6 Å². The van der Waals surface area contributed by atoms with E-state index in [9.17, 15) is 9.59 Å². The molecule has 0 amide bonds. The fourth-order valence-electron chi connectivity index (χ4n) is 2.57. The minimum Gasteiger partial charge on any atom is -0.299 e. The van der Waals surface area contributed by atoms with Gasteiger partial charge in [0.2, 0.25) is 0 Å². The van der Waals surface area contributed by atoms with E-state index >= 15 is 0 Å². The molecular weight excluding hydrogens is 200 g/mol. The van der Waals surface area contributed by atoms with Gasteiger partial charge in [-0.1, -0.05) is 19.4 Å². The maximum absolute atomic E-state index is 11.6. The summed E-state index contributed by atoms with van der Waals surface area (Å²) in [6.07, 6.45) is 9.03. The average molecular weight is 218 g/mol. The third-order valence-corrected chi connectivity index (χ3v) is 3.39. The minimum atomic E-state index is 0.0844. The number of carbonyl (C=O) groups is 2. The Morgan fingerprint density at radius 3 is 2.88 bits per heavy atom. The molecule has 2 nitrogen and oxygen atoms in total. The molecule has 0 aromatic carbocycles. The molecule has 2 rings (SSSR count). The first-order valence-corrected chi connectivity index (χ1v) is 6.18. The van der Waals surface area contributed by atoms with Gasteiger partial charge in [-0.05, 0) is 36.5 Å². The van der Waals surface area contributed by atoms with Gasteiger partial charge in [-0.25, -0.2) is 0 Å². The molecule has 0 radical (unpaired) electrons. The third-order valence-electron chi connectivity index (χ3n) is 3.39. The first kappa shape index (κ1) is 11.3. The van der Waals surface area contributed by atoms with Crippen molar-refractivity contribution in [3.05, 3.63) is 23.3 Å². The Bertz CT molecular complexity index is 374. The Balaban J connectivity index is 2.14. The standard InChI is InChI=1S/C14H18O2/c1-2-4-10-8-13(15)9-12(10)7-11-5-3-6-14(11)16/h7-8,11H,2-6,9H2,1H3/b12-7+. The Kier molecular flexibility index (Phi) is 3.37. The van der Waals surface area contributed by atoms with Crippen LogP contribution in [0.25, 0.3) is 0 Å². The Morgan fingerprint density at radius 1 is 1.44 bits per heavy atom. The summed E-state index contributed by atoms with van der Waals surface area (Å²) in [7, 11) is 0. The quantitative estimate of drug-likeness (QED) is 0.729. The molecule has 2 heteroatoms. The number of rotatable bonds is 3. The topological polar surface area (TPSA) is 34.1 Å². The molecule has 0 spiro atoms. The average Bonchev–Trinajstić information content (AvgIpc) is 2.77. The van der Waals surface area contributed by atoms with E-state index in [4.69, 9.17) is 0 Å². The second-order valence-corrected chi connectivity index (χ2v) is 4.72. The largest absolute Gasteiger partial charge is 0.299 e. The molecule has 0 aliphatic heterocycles. The van der Waals surface area contributed by atoms with Gasteiger partial charge >= 0.3 is 0 Å². The smallest absolute Gasteiger partial charge is 0.160 e. The fraction of sp³-hybridized carbons (Fsp3) is 0.571. The van der Waals surface area contributed by atoms with Crippen LogP contribution in [0.5, 0.6) is 0 Å². The van der Waals surface area contributed by atoms with Crippen molar-refractivity contribution in [1.82, 2.24) is 0 Å². The molecule has 0 N–H and O–H groups in total. The van der Waals surface area contributed by atoms with E-state index in [-0.39, 0.29) is 11.7 Å². The zero-order valence-corrected chi connectivity index (χ0v) is 9.79. The van der Waals surface area contributed by atoms with Gasteiger partial charge in [0.05, 0.1) is 0 Å². The van der Waals surface area contributed by atoms with Crippen molar-refractivity contribution in [1.29, 1.82) is 0 Å². The van der Waals surface area contributed by atoms with Gasteiger partial charge in [-0.3, -0.25) is 9.59 Å². The molecule has 0 saturated heterocycles. The van der Waals surface area contributed by atoms with E-state index in [0.717, 1.165) is 43.3 Å². The molecule has 0 aromatic rings. The van der Waals surface area contributed by atoms with Crippen LogP contribution in [-0.4, -0.2) is 11.6 Å². The van der Waals surface area contributed by atoms with Gasteiger partial charge in [0, 0.05) is 18.8 Å². The van der Waals surface area contributed by atoms with Crippen molar-refractivity contribution in [3.8, 4) is 0 Å². The lowest BCUT2D eigenvalue weighted by Gasteiger charge is -2.06. The van der Waals surface area contributed by atoms with Gasteiger partial charge in [0.25, 0.3) is 0 Å². The second kappa shape index (κ2) is 4.77. The number of Topliss-reactive ketones (excluding diaryl/α,β-unsaturated/α-hetero) is 1. The molecule has 1 atom stereocenters. The zero-order valence-electron chi connectivity index (χ0n) is 9.79. The first-order chi connectivity index (χ1) is 7.70. The monoisotopic (exact) mass is 218 g/mol. The first-order valence-electron chi connectivity index (χ1n) is 6.18. The van der Waals surface area contributed by atoms with Gasteiger partial charge in [-0.15, -0.1) is 0 Å². The van der Waals surface area contributed by atoms with E-state index in [2.05, 4.69) is 13.0 Å². The lowest BCUT2D eigenvalue weighted by Crippen LogP contribution is -2.04. The summed E-state index contributed by atoms with van der Waals surface area (Å²) in [5.74, 6) is 0.629. The van der Waals surface area contributed by atoms with Crippen LogP contribution >= 0.6 is 0 Å². The number of ketones is 2. The Hall–Kier alpha value is -1.18. The molecule has 2 aliphatic rings. The van der Waals surface area contributed by atoms with Crippen LogP contribution in [0.1, 0.15) is 45.4 Å². The van der Waals surface area contributed by atoms with Crippen molar-refractivity contribution < 1.29 is 9.59 Å². The summed E-state index contributed by atoms with van der Waals surface area (Å²) in [6.45, 7) is 2.11. The van der Waals surface area contributed by atoms with E-state index in [0.29, 0.717) is 12.2 Å². The summed E-state index contributed by atoms with van der Waals surface area (Å²) in [5.41, 5.74) is 2.28. The molecule has 0 bridgehead atoms. The molecule has 1 unspecified atom stereocenters. The lowest BCUT2D eigenvalue weighted by molar-refractivity contribution is -0.119. The highest BCUT2D eigenvalue weighted by Gasteiger charge is 2.25. The lowest BCUT2D eigenvalue weighted by atomic mass is 9.97. The second-order valence-electron chi connectivity index (χ2n) is 4.72. The van der Waals surface area contributed by atoms with Crippen LogP contribution in [0, 0.1) is 5.92 Å². The summed E-state index contributed by atoms with van der Waals surface area (Å²) in [6, 6.07) is 0. The van der Waals surface area contributed by atoms with E-state index in [1.54, 1.807) is 6.08 Å². The van der Waals surface area contributed by atoms with Crippen molar-refractivity contribution in [2.24, 2.45) is 5.92 Å². The predicted molar refractivity (Wildman–Crippen MR) is 63.0 cm³/mol. The van der Waals surface area contributed by atoms with Crippen LogP contribution in [0.2, 0.25) is 0 Å². The van der Waals surface area contributed by atoms with Crippen molar-refractivity contribution in [3.63, 3.8) is 0 Å². The summed E-state index contributed by atoms with van der Waals surface area (Å²) in [4.78, 5) is 23.0. The highest BCUT2D eigenvalue weighted by atomic mass is 16.1. The number of carbonyl (C=O) groups excluding carboxylic acids is 2. The van der Waals surface area contributed by atoms with E-state index < -0.39 is 0 Å². The highest BCUT2D eigenvalue weighted by molar-refractivity contribution is 5.97. The third kappa shape index (κ3) is 2.31. The van der Waals surface area contributed by atoms with Gasteiger partial charge in [-0.2, -0.15) is 0 Å². The molecule has 86 valence electrons. The summed E-state index contributed by atoms with van der Waals surface area (Å²) < 4.78 is 0. The van der Waals surface area contributed by atoms with E-state index in [1.165, 1.54) is 0 Å². The van der Waals surface area contributed by atoms with Crippen LogP contribution in [0.3, 0.4) is 0 Å². The summed E-state index contributed by atoms with van der Waals surface area (Å²) >= 11 is 0. The molecule has 1 saturated carbocycles. The number of hydrogen-bond acceptors (Lipinski definition) is 2. The van der Waals surface area contributed by atoms with Gasteiger partial charge in [0.15, 0.2) is 5.78 Å². The molecule has 1 fully saturated rings. The van der Waals surface area contributed by atoms with Crippen molar-refractivity contribution in [2.75, 3.05) is 0 Å². The highest BCUT2D eigenvalue weighted by Crippen LogP contribution is 2.31. The van der Waals surface area contributed by atoms with Crippen LogP contribution in [0.4, 0.5) is 0 Å². The van der Waals surface area contributed by atoms with Crippen molar-refractivity contribution in [2.45, 2.75) is 45.4 Å². The maximum Gasteiger partial charge on any atom is 0.160 e. The predicted octanol–water partition coefficient (Wildman–Crippen LogP) is 2.98. The van der Waals surface area contributed by atoms with E-state index in [1.807, 2.05) is 0 Å². The Morgan fingerprint density at radius 2 is 2.25 bits per heavy atom. The number of allylic oxidation sites excluding steroid dienone is 4. The molecular formula is C14H18O2. The number of hydrogen-bond donors (Lipinski definition) is 0. The normalized spacial score (nSPS) is 27.9. The van der Waals surface area contributed by atoms with Crippen LogP contribution < -0.4 is 0 Å². The molecule has 2 aliphatic carbocycles. The van der Waals surface area contributed by atoms with Crippen LogP contribution in [0.15, 0.2) is 23.3 Å². The molecule has 16 heavy (non-hydrogen) atoms. The fourth-order valence-corrected chi connectivity index (χ4v) is 2.57. The maximum atomic E-state index is 11.6. The van der Waals surface area contributed by atoms with Gasteiger partial charge in [0.1, 0.15) is 5.78 Å². The summed E-state index contributed by atoms with van der Waals surface area (Å²) in [5, 5.41) is 0. The van der Waals surface area contributed by atoms with Crippen LogP contribution in [-0.2, 0) is 9.59 Å². The SMILES string of the molecule is CCCC1=CC(=O)C/C1=C\C1CCCC1=O. The molecule has 0 aromatic heterocycles. The zero-order chi connectivity index (χ0) is 11.5. The van der Waals surface area contributed by atoms with Gasteiger partial charge < -0.3 is 0 Å².